The monoisotopic (exact) mass is 365 g/mol. The van der Waals surface area contributed by atoms with Crippen molar-refractivity contribution >= 4 is 23.5 Å². The van der Waals surface area contributed by atoms with Crippen LogP contribution in [0.2, 0.25) is 0 Å². The number of nitro groups is 1. The fraction of sp³-hybridized carbons (Fsp3) is 0.438. The zero-order valence-electron chi connectivity index (χ0n) is 14.0. The molecule has 0 spiro atoms. The Kier molecular flexibility index (Phi) is 6.48. The van der Waals surface area contributed by atoms with E-state index < -0.39 is 10.9 Å². The third-order valence-corrected chi connectivity index (χ3v) is 3.95. The minimum atomic E-state index is -1.02. The molecule has 0 saturated carbocycles. The summed E-state index contributed by atoms with van der Waals surface area (Å²) < 4.78 is 5.34. The molecule has 1 aromatic carbocycles. The number of carbonyl (C=O) groups is 3. The number of hydrogen-bond acceptors (Lipinski definition) is 6. The smallest absolute Gasteiger partial charge is 0.303 e. The SMILES string of the molecule is O=C(O)CCC(=O)N1CCN(C(=O)COc2ccc([N+](=O)[O-])cc2)CC1. The molecule has 2 amide bonds. The lowest BCUT2D eigenvalue weighted by Gasteiger charge is -2.34. The number of aliphatic carboxylic acids is 1. The zero-order chi connectivity index (χ0) is 19.1. The van der Waals surface area contributed by atoms with Gasteiger partial charge in [0.25, 0.3) is 11.6 Å². The molecule has 1 aliphatic heterocycles. The van der Waals surface area contributed by atoms with E-state index in [9.17, 15) is 24.5 Å². The first-order chi connectivity index (χ1) is 12.4. The molecule has 0 aliphatic carbocycles. The van der Waals surface area contributed by atoms with Crippen molar-refractivity contribution in [2.45, 2.75) is 12.8 Å². The lowest BCUT2D eigenvalue weighted by Crippen LogP contribution is -2.51. The summed E-state index contributed by atoms with van der Waals surface area (Å²) in [5, 5.41) is 19.2. The lowest BCUT2D eigenvalue weighted by molar-refractivity contribution is -0.384. The molecule has 1 fully saturated rings. The Morgan fingerprint density at radius 2 is 1.54 bits per heavy atom. The normalized spacial score (nSPS) is 14.0. The van der Waals surface area contributed by atoms with E-state index in [-0.39, 0.29) is 37.0 Å². The first-order valence-electron chi connectivity index (χ1n) is 8.01. The molecule has 0 unspecified atom stereocenters. The molecular formula is C16H19N3O7. The van der Waals surface area contributed by atoms with Gasteiger partial charge in [-0.25, -0.2) is 0 Å². The second kappa shape index (κ2) is 8.79. The van der Waals surface area contributed by atoms with Crippen molar-refractivity contribution in [3.8, 4) is 5.75 Å². The summed E-state index contributed by atoms with van der Waals surface area (Å²) in [6, 6.07) is 5.43. The van der Waals surface area contributed by atoms with Crippen molar-refractivity contribution in [3.63, 3.8) is 0 Å². The summed E-state index contributed by atoms with van der Waals surface area (Å²) >= 11 is 0. The summed E-state index contributed by atoms with van der Waals surface area (Å²) in [5.41, 5.74) is -0.0626. The number of carbonyl (C=O) groups excluding carboxylic acids is 2. The molecule has 26 heavy (non-hydrogen) atoms. The van der Waals surface area contributed by atoms with Crippen LogP contribution in [0.3, 0.4) is 0 Å². The molecule has 1 N–H and O–H groups in total. The Morgan fingerprint density at radius 1 is 1.00 bits per heavy atom. The Bertz CT molecular complexity index is 682. The van der Waals surface area contributed by atoms with Crippen molar-refractivity contribution < 1.29 is 29.2 Å². The maximum Gasteiger partial charge on any atom is 0.303 e. The quantitative estimate of drug-likeness (QED) is 0.550. The van der Waals surface area contributed by atoms with Crippen LogP contribution in [0, 0.1) is 10.1 Å². The van der Waals surface area contributed by atoms with E-state index in [1.54, 1.807) is 9.80 Å². The number of ether oxygens (including phenoxy) is 1. The van der Waals surface area contributed by atoms with Crippen LogP contribution in [-0.4, -0.2) is 70.4 Å². The average molecular weight is 365 g/mol. The highest BCUT2D eigenvalue weighted by Crippen LogP contribution is 2.17. The van der Waals surface area contributed by atoms with Gasteiger partial charge in [-0.15, -0.1) is 0 Å². The second-order valence-corrected chi connectivity index (χ2v) is 5.69. The molecule has 1 saturated heterocycles. The Morgan fingerprint density at radius 3 is 2.04 bits per heavy atom. The van der Waals surface area contributed by atoms with Crippen molar-refractivity contribution in [3.05, 3.63) is 34.4 Å². The molecule has 1 aromatic rings. The molecule has 2 rings (SSSR count). The number of non-ortho nitro benzene ring substituents is 1. The van der Waals surface area contributed by atoms with Gasteiger partial charge in [0.2, 0.25) is 5.91 Å². The van der Waals surface area contributed by atoms with Gasteiger partial charge in [-0.1, -0.05) is 0 Å². The third-order valence-electron chi connectivity index (χ3n) is 3.95. The van der Waals surface area contributed by atoms with Gasteiger partial charge in [-0.05, 0) is 12.1 Å². The number of nitrogens with zero attached hydrogens (tertiary/aromatic N) is 3. The van der Waals surface area contributed by atoms with Crippen LogP contribution in [0.15, 0.2) is 24.3 Å². The predicted molar refractivity (Wildman–Crippen MR) is 88.6 cm³/mol. The van der Waals surface area contributed by atoms with Gasteiger partial charge in [0.1, 0.15) is 5.75 Å². The molecule has 1 aliphatic rings. The van der Waals surface area contributed by atoms with E-state index in [2.05, 4.69) is 0 Å². The van der Waals surface area contributed by atoms with Gasteiger partial charge in [0.15, 0.2) is 6.61 Å². The van der Waals surface area contributed by atoms with E-state index >= 15 is 0 Å². The predicted octanol–water partition coefficient (Wildman–Crippen LogP) is 0.509. The molecule has 0 aromatic heterocycles. The van der Waals surface area contributed by atoms with Crippen LogP contribution in [-0.2, 0) is 14.4 Å². The van der Waals surface area contributed by atoms with Gasteiger partial charge in [0.05, 0.1) is 11.3 Å². The van der Waals surface area contributed by atoms with Gasteiger partial charge >= 0.3 is 5.97 Å². The van der Waals surface area contributed by atoms with Crippen LogP contribution in [0.25, 0.3) is 0 Å². The van der Waals surface area contributed by atoms with Crippen LogP contribution in [0.1, 0.15) is 12.8 Å². The third kappa shape index (κ3) is 5.43. The average Bonchev–Trinajstić information content (AvgIpc) is 2.64. The Balaban J connectivity index is 1.75. The second-order valence-electron chi connectivity index (χ2n) is 5.69. The molecule has 10 nitrogen and oxygen atoms in total. The van der Waals surface area contributed by atoms with E-state index in [1.165, 1.54) is 24.3 Å². The fourth-order valence-corrected chi connectivity index (χ4v) is 2.48. The summed E-state index contributed by atoms with van der Waals surface area (Å²) in [5.74, 6) is -1.15. The molecule has 1 heterocycles. The van der Waals surface area contributed by atoms with E-state index in [1.807, 2.05) is 0 Å². The minimum absolute atomic E-state index is 0.0491. The van der Waals surface area contributed by atoms with E-state index in [0.29, 0.717) is 31.9 Å². The molecule has 0 radical (unpaired) electrons. The first kappa shape index (κ1) is 19.2. The number of carboxylic acid groups (broad SMARTS) is 1. The molecular weight excluding hydrogens is 346 g/mol. The van der Waals surface area contributed by atoms with Gasteiger partial charge < -0.3 is 19.6 Å². The number of hydrogen-bond donors (Lipinski definition) is 1. The maximum absolute atomic E-state index is 12.1. The van der Waals surface area contributed by atoms with Gasteiger partial charge in [-0.2, -0.15) is 0 Å². The first-order valence-corrected chi connectivity index (χ1v) is 8.01. The van der Waals surface area contributed by atoms with Crippen LogP contribution in [0.5, 0.6) is 5.75 Å². The maximum atomic E-state index is 12.1. The molecule has 0 atom stereocenters. The minimum Gasteiger partial charge on any atom is -0.484 e. The molecule has 0 bridgehead atoms. The van der Waals surface area contributed by atoms with Crippen molar-refractivity contribution in [2.24, 2.45) is 0 Å². The van der Waals surface area contributed by atoms with Crippen molar-refractivity contribution in [1.29, 1.82) is 0 Å². The molecule has 140 valence electrons. The lowest BCUT2D eigenvalue weighted by atomic mass is 10.2. The highest BCUT2D eigenvalue weighted by molar-refractivity contribution is 5.81. The van der Waals surface area contributed by atoms with Crippen LogP contribution < -0.4 is 4.74 Å². The van der Waals surface area contributed by atoms with Gasteiger partial charge in [0, 0.05) is 44.7 Å². The topological polar surface area (TPSA) is 130 Å². The number of carboxylic acids is 1. The molecule has 10 heteroatoms. The van der Waals surface area contributed by atoms with Gasteiger partial charge in [-0.3, -0.25) is 24.5 Å². The number of benzene rings is 1. The van der Waals surface area contributed by atoms with Crippen molar-refractivity contribution in [1.82, 2.24) is 9.80 Å². The standard InChI is InChI=1S/C16H19N3O7/c20-14(5-6-16(22)23)17-7-9-18(10-8-17)15(21)11-26-13-3-1-12(2-4-13)19(24)25/h1-4H,5-11H2,(H,22,23). The van der Waals surface area contributed by atoms with Crippen molar-refractivity contribution in [2.75, 3.05) is 32.8 Å². The van der Waals surface area contributed by atoms with E-state index in [0.717, 1.165) is 0 Å². The fourth-order valence-electron chi connectivity index (χ4n) is 2.48. The number of rotatable bonds is 7. The highest BCUT2D eigenvalue weighted by Gasteiger charge is 2.24. The summed E-state index contributed by atoms with van der Waals surface area (Å²) in [6.07, 6.45) is -0.256. The Labute approximate surface area is 149 Å². The summed E-state index contributed by atoms with van der Waals surface area (Å²) in [4.78, 5) is 47.7. The van der Waals surface area contributed by atoms with E-state index in [4.69, 9.17) is 9.84 Å². The summed E-state index contributed by atoms with van der Waals surface area (Å²) in [7, 11) is 0. The van der Waals surface area contributed by atoms with Crippen LogP contribution >= 0.6 is 0 Å². The largest absolute Gasteiger partial charge is 0.484 e. The highest BCUT2D eigenvalue weighted by atomic mass is 16.6. The number of piperazine rings is 1. The zero-order valence-corrected chi connectivity index (χ0v) is 14.0. The number of amides is 2. The number of nitro benzene ring substituents is 1. The Hall–Kier alpha value is -3.17. The van der Waals surface area contributed by atoms with Crippen LogP contribution in [0.4, 0.5) is 5.69 Å². The summed E-state index contributed by atoms with van der Waals surface area (Å²) in [6.45, 7) is 1.19.